The Morgan fingerprint density at radius 1 is 1.19 bits per heavy atom. The standard InChI is InChI=1S/C14H26O2/c1-4-6-8-9-10-14(12-15)13(3)16-11-7-5-2/h9-10,12-14H,4-8,11H2,1-3H3/b10-9+/t13-,14-/m0/s1. The Kier molecular flexibility index (Phi) is 10.4. The Balaban J connectivity index is 3.86. The second-order valence-electron chi connectivity index (χ2n) is 4.21. The van der Waals surface area contributed by atoms with Gasteiger partial charge in [-0.3, -0.25) is 0 Å². The smallest absolute Gasteiger partial charge is 0.129 e. The Morgan fingerprint density at radius 3 is 2.44 bits per heavy atom. The molecule has 2 nitrogen and oxygen atoms in total. The lowest BCUT2D eigenvalue weighted by molar-refractivity contribution is -0.113. The van der Waals surface area contributed by atoms with Gasteiger partial charge in [-0.2, -0.15) is 0 Å². The van der Waals surface area contributed by atoms with Crippen molar-refractivity contribution in [2.45, 2.75) is 59.0 Å². The molecule has 0 aromatic heterocycles. The zero-order chi connectivity index (χ0) is 12.2. The fourth-order valence-electron chi connectivity index (χ4n) is 1.41. The monoisotopic (exact) mass is 226 g/mol. The largest absolute Gasteiger partial charge is 0.377 e. The minimum atomic E-state index is -0.0892. The van der Waals surface area contributed by atoms with Crippen molar-refractivity contribution in [3.8, 4) is 0 Å². The molecule has 0 N–H and O–H groups in total. The number of ether oxygens (including phenoxy) is 1. The van der Waals surface area contributed by atoms with Crippen molar-refractivity contribution in [2.75, 3.05) is 6.61 Å². The number of hydrogen-bond acceptors (Lipinski definition) is 2. The van der Waals surface area contributed by atoms with Gasteiger partial charge in [0.05, 0.1) is 12.0 Å². The van der Waals surface area contributed by atoms with E-state index in [4.69, 9.17) is 4.74 Å². The van der Waals surface area contributed by atoms with Crippen LogP contribution >= 0.6 is 0 Å². The maximum atomic E-state index is 10.9. The summed E-state index contributed by atoms with van der Waals surface area (Å²) < 4.78 is 5.61. The second kappa shape index (κ2) is 10.9. The summed E-state index contributed by atoms with van der Waals surface area (Å²) in [4.78, 5) is 10.9. The van der Waals surface area contributed by atoms with E-state index in [-0.39, 0.29) is 12.0 Å². The molecule has 0 aromatic carbocycles. The third kappa shape index (κ3) is 7.63. The van der Waals surface area contributed by atoms with Gasteiger partial charge in [-0.25, -0.2) is 0 Å². The molecule has 16 heavy (non-hydrogen) atoms. The van der Waals surface area contributed by atoms with Gasteiger partial charge >= 0.3 is 0 Å². The Hall–Kier alpha value is -0.630. The van der Waals surface area contributed by atoms with Crippen LogP contribution in [0.3, 0.4) is 0 Å². The molecule has 0 radical (unpaired) electrons. The number of hydrogen-bond donors (Lipinski definition) is 0. The van der Waals surface area contributed by atoms with E-state index in [0.29, 0.717) is 0 Å². The maximum Gasteiger partial charge on any atom is 0.129 e. The first kappa shape index (κ1) is 15.4. The molecule has 0 bridgehead atoms. The molecule has 0 saturated heterocycles. The highest BCUT2D eigenvalue weighted by atomic mass is 16.5. The van der Waals surface area contributed by atoms with Crippen LogP contribution in [0.2, 0.25) is 0 Å². The quantitative estimate of drug-likeness (QED) is 0.322. The molecule has 0 aliphatic carbocycles. The van der Waals surface area contributed by atoms with E-state index in [9.17, 15) is 4.79 Å². The van der Waals surface area contributed by atoms with Crippen molar-refractivity contribution in [3.63, 3.8) is 0 Å². The van der Waals surface area contributed by atoms with Crippen LogP contribution in [0.25, 0.3) is 0 Å². The minimum absolute atomic E-state index is 0.00178. The van der Waals surface area contributed by atoms with Gasteiger partial charge in [-0.15, -0.1) is 0 Å². The van der Waals surface area contributed by atoms with Gasteiger partial charge in [0, 0.05) is 6.61 Å². The molecule has 0 aliphatic rings. The molecule has 0 rings (SSSR count). The zero-order valence-electron chi connectivity index (χ0n) is 10.9. The number of unbranched alkanes of at least 4 members (excludes halogenated alkanes) is 3. The molecule has 94 valence electrons. The molecule has 0 saturated carbocycles. The third-order valence-electron chi connectivity index (χ3n) is 2.66. The number of rotatable bonds is 10. The van der Waals surface area contributed by atoms with Gasteiger partial charge in [-0.1, -0.05) is 45.3 Å². The van der Waals surface area contributed by atoms with Crippen molar-refractivity contribution in [2.24, 2.45) is 5.92 Å². The van der Waals surface area contributed by atoms with Crippen LogP contribution in [-0.4, -0.2) is 19.0 Å². The summed E-state index contributed by atoms with van der Waals surface area (Å²) in [6.45, 7) is 7.03. The third-order valence-corrected chi connectivity index (χ3v) is 2.66. The SMILES string of the molecule is CCCC/C=C/[C@@H](C=O)[C@H](C)OCCCC. The Morgan fingerprint density at radius 2 is 1.88 bits per heavy atom. The van der Waals surface area contributed by atoms with Crippen molar-refractivity contribution in [1.29, 1.82) is 0 Å². The molecule has 0 unspecified atom stereocenters. The van der Waals surface area contributed by atoms with Crippen LogP contribution < -0.4 is 0 Å². The Labute approximate surface area is 100 Å². The fraction of sp³-hybridized carbons (Fsp3) is 0.786. The molecule has 0 aromatic rings. The van der Waals surface area contributed by atoms with Gasteiger partial charge in [-0.05, 0) is 19.8 Å². The van der Waals surface area contributed by atoms with E-state index < -0.39 is 0 Å². The number of carbonyl (C=O) groups excluding carboxylic acids is 1. The average Bonchev–Trinajstić information content (AvgIpc) is 2.29. The minimum Gasteiger partial charge on any atom is -0.377 e. The summed E-state index contributed by atoms with van der Waals surface area (Å²) >= 11 is 0. The second-order valence-corrected chi connectivity index (χ2v) is 4.21. The first-order chi connectivity index (χ1) is 7.76. The van der Waals surface area contributed by atoms with Crippen LogP contribution in [0.15, 0.2) is 12.2 Å². The fourth-order valence-corrected chi connectivity index (χ4v) is 1.41. The molecular weight excluding hydrogens is 200 g/mol. The molecule has 2 heteroatoms. The van der Waals surface area contributed by atoms with E-state index in [2.05, 4.69) is 19.9 Å². The van der Waals surface area contributed by atoms with E-state index in [1.807, 2.05) is 13.0 Å². The summed E-state index contributed by atoms with van der Waals surface area (Å²) in [6, 6.07) is 0. The summed E-state index contributed by atoms with van der Waals surface area (Å²) in [7, 11) is 0. The van der Waals surface area contributed by atoms with Gasteiger partial charge < -0.3 is 9.53 Å². The number of aldehydes is 1. The zero-order valence-corrected chi connectivity index (χ0v) is 10.9. The van der Waals surface area contributed by atoms with Crippen LogP contribution in [0.5, 0.6) is 0 Å². The first-order valence-corrected chi connectivity index (χ1v) is 6.49. The van der Waals surface area contributed by atoms with Crippen LogP contribution in [0.4, 0.5) is 0 Å². The molecule has 0 aliphatic heterocycles. The lowest BCUT2D eigenvalue weighted by Crippen LogP contribution is -2.20. The van der Waals surface area contributed by atoms with Crippen molar-refractivity contribution in [3.05, 3.63) is 12.2 Å². The van der Waals surface area contributed by atoms with E-state index in [1.165, 1.54) is 12.8 Å². The molecule has 0 spiro atoms. The number of allylic oxidation sites excluding steroid dienone is 1. The highest BCUT2D eigenvalue weighted by Gasteiger charge is 2.13. The van der Waals surface area contributed by atoms with Gasteiger partial charge in [0.15, 0.2) is 0 Å². The predicted molar refractivity (Wildman–Crippen MR) is 68.5 cm³/mol. The van der Waals surface area contributed by atoms with E-state index in [1.54, 1.807) is 0 Å². The molecule has 2 atom stereocenters. The molecule has 0 amide bonds. The molecule has 0 fully saturated rings. The first-order valence-electron chi connectivity index (χ1n) is 6.49. The maximum absolute atomic E-state index is 10.9. The van der Waals surface area contributed by atoms with Crippen molar-refractivity contribution >= 4 is 6.29 Å². The van der Waals surface area contributed by atoms with Gasteiger partial charge in [0.1, 0.15) is 6.29 Å². The predicted octanol–water partition coefficient (Wildman–Crippen LogP) is 3.75. The van der Waals surface area contributed by atoms with Crippen molar-refractivity contribution < 1.29 is 9.53 Å². The lowest BCUT2D eigenvalue weighted by atomic mass is 10.0. The van der Waals surface area contributed by atoms with Gasteiger partial charge in [0.25, 0.3) is 0 Å². The van der Waals surface area contributed by atoms with Crippen molar-refractivity contribution in [1.82, 2.24) is 0 Å². The van der Waals surface area contributed by atoms with E-state index >= 15 is 0 Å². The molecule has 0 heterocycles. The van der Waals surface area contributed by atoms with E-state index in [0.717, 1.165) is 32.2 Å². The number of carbonyl (C=O) groups is 1. The molecular formula is C14H26O2. The lowest BCUT2D eigenvalue weighted by Gasteiger charge is -2.16. The van der Waals surface area contributed by atoms with Crippen LogP contribution in [0, 0.1) is 5.92 Å². The van der Waals surface area contributed by atoms with Crippen LogP contribution in [-0.2, 0) is 9.53 Å². The summed E-state index contributed by atoms with van der Waals surface area (Å²) in [6.07, 6.45) is 10.7. The summed E-state index contributed by atoms with van der Waals surface area (Å²) in [5.74, 6) is -0.0892. The normalized spacial score (nSPS) is 15.2. The van der Waals surface area contributed by atoms with Gasteiger partial charge in [0.2, 0.25) is 0 Å². The summed E-state index contributed by atoms with van der Waals surface area (Å²) in [5.41, 5.74) is 0. The van der Waals surface area contributed by atoms with Crippen LogP contribution in [0.1, 0.15) is 52.9 Å². The topological polar surface area (TPSA) is 26.3 Å². The highest BCUT2D eigenvalue weighted by molar-refractivity contribution is 5.57. The summed E-state index contributed by atoms with van der Waals surface area (Å²) in [5, 5.41) is 0. The highest BCUT2D eigenvalue weighted by Crippen LogP contribution is 2.09. The average molecular weight is 226 g/mol. The Bertz CT molecular complexity index is 187.